The Kier molecular flexibility index (Phi) is 4.43. The van der Waals surface area contributed by atoms with Crippen LogP contribution in [0.4, 0.5) is 5.69 Å². The molecule has 0 atom stereocenters. The summed E-state index contributed by atoms with van der Waals surface area (Å²) in [6.07, 6.45) is 0. The number of hydrogen-bond acceptors (Lipinski definition) is 4. The summed E-state index contributed by atoms with van der Waals surface area (Å²) in [6.45, 7) is 6.53. The van der Waals surface area contributed by atoms with Gasteiger partial charge in [0.15, 0.2) is 0 Å². The molecule has 1 heterocycles. The number of thioether (sulfide) groups is 1. The predicted molar refractivity (Wildman–Crippen MR) is 86.2 cm³/mol. The fraction of sp³-hybridized carbons (Fsp3) is 0.357. The zero-order valence-electron chi connectivity index (χ0n) is 11.2. The highest BCUT2D eigenvalue weighted by atomic mass is 35.5. The molecule has 0 amide bonds. The molecule has 0 radical (unpaired) electrons. The standard InChI is InChI=1S/C14H17ClN2S2/c1-14(2,3)12-7-19-13(17-12)8-18-11-5-4-9(15)6-10(11)16/h4-7H,8,16H2,1-3H3. The molecule has 0 saturated carbocycles. The third-order valence-electron chi connectivity index (χ3n) is 2.64. The van der Waals surface area contributed by atoms with Gasteiger partial charge in [-0.2, -0.15) is 0 Å². The quantitative estimate of drug-likeness (QED) is 0.642. The first-order chi connectivity index (χ1) is 8.86. The molecular weight excluding hydrogens is 296 g/mol. The van der Waals surface area contributed by atoms with Gasteiger partial charge in [0.05, 0.1) is 11.4 Å². The number of aromatic nitrogens is 1. The second kappa shape index (κ2) is 5.73. The van der Waals surface area contributed by atoms with Crippen LogP contribution in [0, 0.1) is 0 Å². The molecule has 2 rings (SSSR count). The normalized spacial score (nSPS) is 11.8. The third kappa shape index (κ3) is 3.88. The van der Waals surface area contributed by atoms with Crippen molar-refractivity contribution in [3.05, 3.63) is 39.3 Å². The van der Waals surface area contributed by atoms with Gasteiger partial charge >= 0.3 is 0 Å². The van der Waals surface area contributed by atoms with E-state index < -0.39 is 0 Å². The zero-order chi connectivity index (χ0) is 14.0. The second-order valence-electron chi connectivity index (χ2n) is 5.35. The summed E-state index contributed by atoms with van der Waals surface area (Å²) in [5.74, 6) is 0.840. The number of nitrogen functional groups attached to an aromatic ring is 1. The Bertz CT molecular complexity index is 573. The molecule has 1 aromatic carbocycles. The molecule has 2 nitrogen and oxygen atoms in total. The van der Waals surface area contributed by atoms with Crippen molar-refractivity contribution in [1.29, 1.82) is 0 Å². The lowest BCUT2D eigenvalue weighted by Crippen LogP contribution is -2.11. The van der Waals surface area contributed by atoms with Gasteiger partial charge in [-0.3, -0.25) is 0 Å². The summed E-state index contributed by atoms with van der Waals surface area (Å²) in [6, 6.07) is 5.61. The van der Waals surface area contributed by atoms with Gasteiger partial charge in [-0.15, -0.1) is 23.1 Å². The van der Waals surface area contributed by atoms with Crippen LogP contribution in [-0.4, -0.2) is 4.98 Å². The molecule has 2 N–H and O–H groups in total. The van der Waals surface area contributed by atoms with E-state index in [2.05, 4.69) is 31.1 Å². The Morgan fingerprint density at radius 2 is 2.11 bits per heavy atom. The molecule has 0 unspecified atom stereocenters. The van der Waals surface area contributed by atoms with Crippen molar-refractivity contribution in [2.75, 3.05) is 5.73 Å². The first-order valence-corrected chi connectivity index (χ1v) is 8.23. The van der Waals surface area contributed by atoms with Gasteiger partial charge in [0.2, 0.25) is 0 Å². The summed E-state index contributed by atoms with van der Waals surface area (Å²) in [5.41, 5.74) is 7.92. The van der Waals surface area contributed by atoms with E-state index in [9.17, 15) is 0 Å². The highest BCUT2D eigenvalue weighted by Crippen LogP contribution is 2.32. The lowest BCUT2D eigenvalue weighted by Gasteiger charge is -2.14. The van der Waals surface area contributed by atoms with Crippen LogP contribution in [0.1, 0.15) is 31.5 Å². The van der Waals surface area contributed by atoms with E-state index in [4.69, 9.17) is 17.3 Å². The van der Waals surface area contributed by atoms with Gasteiger partial charge in [-0.05, 0) is 18.2 Å². The zero-order valence-corrected chi connectivity index (χ0v) is 13.6. The second-order valence-corrected chi connectivity index (χ2v) is 7.74. The van der Waals surface area contributed by atoms with Crippen molar-refractivity contribution < 1.29 is 0 Å². The minimum absolute atomic E-state index is 0.110. The van der Waals surface area contributed by atoms with Crippen molar-refractivity contribution in [1.82, 2.24) is 4.98 Å². The number of thiazole rings is 1. The summed E-state index contributed by atoms with van der Waals surface area (Å²) >= 11 is 9.29. The fourth-order valence-corrected chi connectivity index (χ4v) is 3.68. The van der Waals surface area contributed by atoms with E-state index >= 15 is 0 Å². The van der Waals surface area contributed by atoms with Crippen molar-refractivity contribution in [3.8, 4) is 0 Å². The lowest BCUT2D eigenvalue weighted by atomic mass is 9.93. The first-order valence-electron chi connectivity index (χ1n) is 5.99. The summed E-state index contributed by atoms with van der Waals surface area (Å²) in [5, 5.41) is 3.94. The largest absolute Gasteiger partial charge is 0.398 e. The molecule has 0 aliphatic heterocycles. The monoisotopic (exact) mass is 312 g/mol. The van der Waals surface area contributed by atoms with Crippen molar-refractivity contribution in [2.24, 2.45) is 0 Å². The number of nitrogens with zero attached hydrogens (tertiary/aromatic N) is 1. The minimum Gasteiger partial charge on any atom is -0.398 e. The van der Waals surface area contributed by atoms with Gasteiger partial charge in [-0.1, -0.05) is 32.4 Å². The molecule has 0 bridgehead atoms. The molecule has 0 aliphatic carbocycles. The summed E-state index contributed by atoms with van der Waals surface area (Å²) in [4.78, 5) is 5.73. The van der Waals surface area contributed by atoms with E-state index in [1.54, 1.807) is 29.2 Å². The van der Waals surface area contributed by atoms with Crippen LogP contribution in [0.2, 0.25) is 5.02 Å². The van der Waals surface area contributed by atoms with Gasteiger partial charge < -0.3 is 5.73 Å². The Morgan fingerprint density at radius 3 is 2.68 bits per heavy atom. The first kappa shape index (κ1) is 14.7. The topological polar surface area (TPSA) is 38.9 Å². The average molecular weight is 313 g/mol. The Morgan fingerprint density at radius 1 is 1.37 bits per heavy atom. The maximum absolute atomic E-state index is 5.94. The Labute approximate surface area is 127 Å². The van der Waals surface area contributed by atoms with Gasteiger partial charge in [0.1, 0.15) is 5.01 Å². The van der Waals surface area contributed by atoms with Crippen molar-refractivity contribution in [3.63, 3.8) is 0 Å². The molecule has 0 fully saturated rings. The molecule has 1 aromatic heterocycles. The van der Waals surface area contributed by atoms with Crippen molar-refractivity contribution >= 4 is 40.4 Å². The number of benzene rings is 1. The SMILES string of the molecule is CC(C)(C)c1csc(CSc2ccc(Cl)cc2N)n1. The third-order valence-corrected chi connectivity index (χ3v) is 5.01. The number of nitrogens with two attached hydrogens (primary N) is 1. The molecular formula is C14H17ClN2S2. The molecule has 102 valence electrons. The van der Waals surface area contributed by atoms with Gasteiger partial charge in [0, 0.05) is 26.4 Å². The van der Waals surface area contributed by atoms with E-state index in [0.717, 1.165) is 27.0 Å². The van der Waals surface area contributed by atoms with Crippen LogP contribution in [0.15, 0.2) is 28.5 Å². The number of anilines is 1. The van der Waals surface area contributed by atoms with Crippen LogP contribution in [0.3, 0.4) is 0 Å². The van der Waals surface area contributed by atoms with Gasteiger partial charge in [0.25, 0.3) is 0 Å². The lowest BCUT2D eigenvalue weighted by molar-refractivity contribution is 0.572. The molecule has 5 heteroatoms. The number of halogens is 1. The molecule has 0 aliphatic rings. The predicted octanol–water partition coefficient (Wildman–Crippen LogP) is 4.97. The maximum Gasteiger partial charge on any atom is 0.103 e. The van der Waals surface area contributed by atoms with Crippen LogP contribution >= 0.6 is 34.7 Å². The fourth-order valence-electron chi connectivity index (χ4n) is 1.51. The van der Waals surface area contributed by atoms with Crippen LogP contribution in [0.5, 0.6) is 0 Å². The maximum atomic E-state index is 5.94. The van der Waals surface area contributed by atoms with E-state index in [1.807, 2.05) is 12.1 Å². The number of hydrogen-bond donors (Lipinski definition) is 1. The van der Waals surface area contributed by atoms with E-state index in [-0.39, 0.29) is 5.41 Å². The molecule has 0 saturated heterocycles. The van der Waals surface area contributed by atoms with Crippen LogP contribution in [-0.2, 0) is 11.2 Å². The summed E-state index contributed by atoms with van der Waals surface area (Å²) < 4.78 is 0. The molecule has 19 heavy (non-hydrogen) atoms. The van der Waals surface area contributed by atoms with Crippen LogP contribution in [0.25, 0.3) is 0 Å². The highest BCUT2D eigenvalue weighted by Gasteiger charge is 2.17. The number of rotatable bonds is 3. The molecule has 0 spiro atoms. The Hall–Kier alpha value is -0.710. The summed E-state index contributed by atoms with van der Waals surface area (Å²) in [7, 11) is 0. The van der Waals surface area contributed by atoms with Gasteiger partial charge in [-0.25, -0.2) is 4.98 Å². The smallest absolute Gasteiger partial charge is 0.103 e. The van der Waals surface area contributed by atoms with E-state index in [1.165, 1.54) is 0 Å². The highest BCUT2D eigenvalue weighted by molar-refractivity contribution is 7.98. The van der Waals surface area contributed by atoms with E-state index in [0.29, 0.717) is 5.02 Å². The Balaban J connectivity index is 2.04. The van der Waals surface area contributed by atoms with Crippen LogP contribution < -0.4 is 5.73 Å². The average Bonchev–Trinajstić information content (AvgIpc) is 2.76. The minimum atomic E-state index is 0.110. The molecule has 2 aromatic rings. The van der Waals surface area contributed by atoms with Crippen molar-refractivity contribution in [2.45, 2.75) is 36.8 Å².